The Morgan fingerprint density at radius 3 is 2.75 bits per heavy atom. The Bertz CT molecular complexity index is 626. The van der Waals surface area contributed by atoms with Crippen LogP contribution in [-0.4, -0.2) is 12.5 Å². The van der Waals surface area contributed by atoms with Crippen LogP contribution in [0.25, 0.3) is 0 Å². The SMILES string of the molecule is NC(=O)C(Nc1ccc2c(c1)CCO2)c1ccccc1. The van der Waals surface area contributed by atoms with Gasteiger partial charge in [0.25, 0.3) is 0 Å². The number of hydrogen-bond donors (Lipinski definition) is 2. The molecule has 0 saturated heterocycles. The average molecular weight is 268 g/mol. The predicted octanol–water partition coefficient (Wildman–Crippen LogP) is 2.26. The molecule has 0 spiro atoms. The number of anilines is 1. The molecular weight excluding hydrogens is 252 g/mol. The fourth-order valence-corrected chi connectivity index (χ4v) is 2.41. The van der Waals surface area contributed by atoms with Gasteiger partial charge in [-0.2, -0.15) is 0 Å². The fraction of sp³-hybridized carbons (Fsp3) is 0.188. The van der Waals surface area contributed by atoms with Crippen molar-refractivity contribution in [2.45, 2.75) is 12.5 Å². The van der Waals surface area contributed by atoms with Crippen molar-refractivity contribution < 1.29 is 9.53 Å². The highest BCUT2D eigenvalue weighted by atomic mass is 16.5. The van der Waals surface area contributed by atoms with Crippen LogP contribution < -0.4 is 15.8 Å². The van der Waals surface area contributed by atoms with Crippen LogP contribution in [0.3, 0.4) is 0 Å². The zero-order valence-electron chi connectivity index (χ0n) is 11.0. The van der Waals surface area contributed by atoms with Crippen molar-refractivity contribution in [3.63, 3.8) is 0 Å². The molecule has 0 radical (unpaired) electrons. The number of ether oxygens (including phenoxy) is 1. The largest absolute Gasteiger partial charge is 0.493 e. The third-order valence-corrected chi connectivity index (χ3v) is 3.42. The number of amides is 1. The van der Waals surface area contributed by atoms with Crippen LogP contribution in [0.4, 0.5) is 5.69 Å². The molecule has 2 aromatic rings. The summed E-state index contributed by atoms with van der Waals surface area (Å²) in [7, 11) is 0. The molecule has 3 rings (SSSR count). The molecule has 4 nitrogen and oxygen atoms in total. The Hall–Kier alpha value is -2.49. The van der Waals surface area contributed by atoms with Gasteiger partial charge in [0.05, 0.1) is 6.61 Å². The fourth-order valence-electron chi connectivity index (χ4n) is 2.41. The van der Waals surface area contributed by atoms with E-state index in [0.29, 0.717) is 0 Å². The van der Waals surface area contributed by atoms with Crippen LogP contribution in [0.15, 0.2) is 48.5 Å². The zero-order chi connectivity index (χ0) is 13.9. The first-order valence-electron chi connectivity index (χ1n) is 6.60. The van der Waals surface area contributed by atoms with Gasteiger partial charge in [-0.25, -0.2) is 0 Å². The second kappa shape index (κ2) is 5.25. The highest BCUT2D eigenvalue weighted by molar-refractivity contribution is 5.84. The first-order valence-corrected chi connectivity index (χ1v) is 6.60. The first-order chi connectivity index (χ1) is 9.74. The molecule has 1 aliphatic rings. The quantitative estimate of drug-likeness (QED) is 0.894. The van der Waals surface area contributed by atoms with E-state index in [1.54, 1.807) is 0 Å². The third kappa shape index (κ3) is 2.45. The Kier molecular flexibility index (Phi) is 3.29. The van der Waals surface area contributed by atoms with E-state index in [2.05, 4.69) is 5.32 Å². The van der Waals surface area contributed by atoms with Crippen LogP contribution in [-0.2, 0) is 11.2 Å². The molecule has 1 amide bonds. The topological polar surface area (TPSA) is 64.4 Å². The number of rotatable bonds is 4. The van der Waals surface area contributed by atoms with Crippen molar-refractivity contribution in [2.24, 2.45) is 5.73 Å². The minimum absolute atomic E-state index is 0.395. The summed E-state index contributed by atoms with van der Waals surface area (Å²) in [6.07, 6.45) is 0.900. The monoisotopic (exact) mass is 268 g/mol. The Morgan fingerprint density at radius 1 is 1.20 bits per heavy atom. The average Bonchev–Trinajstić information content (AvgIpc) is 2.93. The number of nitrogens with one attached hydrogen (secondary N) is 1. The number of primary amides is 1. The molecule has 1 unspecified atom stereocenters. The molecule has 0 saturated carbocycles. The molecule has 20 heavy (non-hydrogen) atoms. The molecule has 1 heterocycles. The number of benzene rings is 2. The van der Waals surface area contributed by atoms with Crippen LogP contribution in [0.2, 0.25) is 0 Å². The van der Waals surface area contributed by atoms with Crippen molar-refractivity contribution in [3.8, 4) is 5.75 Å². The van der Waals surface area contributed by atoms with Gasteiger partial charge in [-0.05, 0) is 29.3 Å². The van der Waals surface area contributed by atoms with Crippen molar-refractivity contribution in [3.05, 3.63) is 59.7 Å². The van der Waals surface area contributed by atoms with E-state index in [4.69, 9.17) is 10.5 Å². The van der Waals surface area contributed by atoms with Gasteiger partial charge in [0.15, 0.2) is 0 Å². The molecule has 1 aliphatic heterocycles. The minimum atomic E-state index is -0.531. The standard InChI is InChI=1S/C16H16N2O2/c17-16(19)15(11-4-2-1-3-5-11)18-13-6-7-14-12(10-13)8-9-20-14/h1-7,10,15,18H,8-9H2,(H2,17,19). The number of hydrogen-bond acceptors (Lipinski definition) is 3. The Balaban J connectivity index is 1.86. The Morgan fingerprint density at radius 2 is 2.00 bits per heavy atom. The van der Waals surface area contributed by atoms with Crippen molar-refractivity contribution >= 4 is 11.6 Å². The minimum Gasteiger partial charge on any atom is -0.493 e. The van der Waals surface area contributed by atoms with Gasteiger partial charge >= 0.3 is 0 Å². The molecule has 0 aromatic heterocycles. The van der Waals surface area contributed by atoms with E-state index >= 15 is 0 Å². The van der Waals surface area contributed by atoms with Gasteiger partial charge in [-0.1, -0.05) is 30.3 Å². The van der Waals surface area contributed by atoms with E-state index < -0.39 is 11.9 Å². The van der Waals surface area contributed by atoms with E-state index in [-0.39, 0.29) is 0 Å². The molecule has 4 heteroatoms. The van der Waals surface area contributed by atoms with Gasteiger partial charge in [-0.15, -0.1) is 0 Å². The summed E-state index contributed by atoms with van der Waals surface area (Å²) in [5.74, 6) is 0.527. The number of carbonyl (C=O) groups excluding carboxylic acids is 1. The number of fused-ring (bicyclic) bond motifs is 1. The van der Waals surface area contributed by atoms with Crippen LogP contribution in [0.5, 0.6) is 5.75 Å². The first kappa shape index (κ1) is 12.5. The highest BCUT2D eigenvalue weighted by Gasteiger charge is 2.18. The lowest BCUT2D eigenvalue weighted by Crippen LogP contribution is -2.27. The van der Waals surface area contributed by atoms with Crippen molar-refractivity contribution in [2.75, 3.05) is 11.9 Å². The molecule has 0 bridgehead atoms. The Labute approximate surface area is 117 Å². The number of carbonyl (C=O) groups is 1. The smallest absolute Gasteiger partial charge is 0.244 e. The van der Waals surface area contributed by atoms with Crippen LogP contribution in [0, 0.1) is 0 Å². The predicted molar refractivity (Wildman–Crippen MR) is 77.6 cm³/mol. The number of nitrogens with two attached hydrogens (primary N) is 1. The molecule has 0 aliphatic carbocycles. The lowest BCUT2D eigenvalue weighted by Gasteiger charge is -2.17. The summed E-state index contributed by atoms with van der Waals surface area (Å²) in [6.45, 7) is 0.719. The van der Waals surface area contributed by atoms with Gasteiger partial charge in [0, 0.05) is 12.1 Å². The molecule has 102 valence electrons. The van der Waals surface area contributed by atoms with Crippen molar-refractivity contribution in [1.82, 2.24) is 0 Å². The van der Waals surface area contributed by atoms with E-state index in [0.717, 1.165) is 35.6 Å². The summed E-state index contributed by atoms with van der Waals surface area (Å²) in [5, 5.41) is 3.19. The van der Waals surface area contributed by atoms with Gasteiger partial charge in [-0.3, -0.25) is 4.79 Å². The molecular formula is C16H16N2O2. The summed E-state index contributed by atoms with van der Waals surface area (Å²) < 4.78 is 5.47. The third-order valence-electron chi connectivity index (χ3n) is 3.42. The molecule has 1 atom stereocenters. The summed E-state index contributed by atoms with van der Waals surface area (Å²) >= 11 is 0. The molecule has 2 aromatic carbocycles. The lowest BCUT2D eigenvalue weighted by atomic mass is 10.1. The highest BCUT2D eigenvalue weighted by Crippen LogP contribution is 2.29. The maximum Gasteiger partial charge on any atom is 0.244 e. The van der Waals surface area contributed by atoms with Gasteiger partial charge in [0.1, 0.15) is 11.8 Å². The van der Waals surface area contributed by atoms with Crippen LogP contribution in [0.1, 0.15) is 17.2 Å². The maximum atomic E-state index is 11.7. The van der Waals surface area contributed by atoms with Crippen molar-refractivity contribution in [1.29, 1.82) is 0 Å². The van der Waals surface area contributed by atoms with E-state index in [1.807, 2.05) is 48.5 Å². The molecule has 0 fully saturated rings. The lowest BCUT2D eigenvalue weighted by molar-refractivity contribution is -0.118. The second-order valence-corrected chi connectivity index (χ2v) is 4.81. The summed E-state index contributed by atoms with van der Waals surface area (Å²) in [6, 6.07) is 14.8. The van der Waals surface area contributed by atoms with Crippen LogP contribution >= 0.6 is 0 Å². The summed E-state index contributed by atoms with van der Waals surface area (Å²) in [4.78, 5) is 11.7. The zero-order valence-corrected chi connectivity index (χ0v) is 11.0. The molecule has 3 N–H and O–H groups in total. The second-order valence-electron chi connectivity index (χ2n) is 4.81. The van der Waals surface area contributed by atoms with E-state index in [1.165, 1.54) is 0 Å². The maximum absolute atomic E-state index is 11.7. The summed E-state index contributed by atoms with van der Waals surface area (Å²) in [5.41, 5.74) is 8.40. The normalized spacial score (nSPS) is 14.2. The van der Waals surface area contributed by atoms with Gasteiger partial charge in [0.2, 0.25) is 5.91 Å². The van der Waals surface area contributed by atoms with E-state index in [9.17, 15) is 4.79 Å². The van der Waals surface area contributed by atoms with Gasteiger partial charge < -0.3 is 15.8 Å².